The maximum atomic E-state index is 11.6. The van der Waals surface area contributed by atoms with Gasteiger partial charge in [-0.05, 0) is 24.6 Å². The van der Waals surface area contributed by atoms with E-state index in [0.29, 0.717) is 23.6 Å². The van der Waals surface area contributed by atoms with Crippen LogP contribution in [0, 0.1) is 0 Å². The fraction of sp³-hybridized carbons (Fsp3) is 0.308. The standard InChI is InChI=1S/C13H14ClNO3S/c14-9-6-10(19-8-9)3-4-13(17)15-7-11(16)12-2-1-5-18-12/h1-2,5-6,8,11,16H,3-4,7H2,(H,15,17). The first-order chi connectivity index (χ1) is 9.15. The molecule has 0 radical (unpaired) electrons. The van der Waals surface area contributed by atoms with E-state index in [4.69, 9.17) is 16.0 Å². The van der Waals surface area contributed by atoms with Crippen molar-refractivity contribution >= 4 is 28.8 Å². The zero-order valence-corrected chi connectivity index (χ0v) is 11.7. The zero-order chi connectivity index (χ0) is 13.7. The van der Waals surface area contributed by atoms with E-state index in [1.54, 1.807) is 12.1 Å². The van der Waals surface area contributed by atoms with E-state index in [1.807, 2.05) is 11.4 Å². The van der Waals surface area contributed by atoms with E-state index >= 15 is 0 Å². The van der Waals surface area contributed by atoms with Gasteiger partial charge in [0, 0.05) is 16.7 Å². The van der Waals surface area contributed by atoms with Crippen LogP contribution >= 0.6 is 22.9 Å². The summed E-state index contributed by atoms with van der Waals surface area (Å²) >= 11 is 7.34. The highest BCUT2D eigenvalue weighted by Crippen LogP contribution is 2.20. The van der Waals surface area contributed by atoms with E-state index in [1.165, 1.54) is 17.6 Å². The average Bonchev–Trinajstić information content (AvgIpc) is 3.04. The molecule has 2 heterocycles. The van der Waals surface area contributed by atoms with Gasteiger partial charge in [-0.25, -0.2) is 0 Å². The zero-order valence-electron chi connectivity index (χ0n) is 10.1. The highest BCUT2D eigenvalue weighted by atomic mass is 35.5. The monoisotopic (exact) mass is 299 g/mol. The Hall–Kier alpha value is -1.30. The van der Waals surface area contributed by atoms with Crippen LogP contribution in [0.2, 0.25) is 5.02 Å². The first-order valence-corrected chi connectivity index (χ1v) is 7.12. The largest absolute Gasteiger partial charge is 0.467 e. The number of hydrogen-bond donors (Lipinski definition) is 2. The number of hydrogen-bond acceptors (Lipinski definition) is 4. The third-order valence-corrected chi connectivity index (χ3v) is 3.93. The van der Waals surface area contributed by atoms with Crippen LogP contribution in [0.4, 0.5) is 0 Å². The third-order valence-electron chi connectivity index (χ3n) is 2.58. The molecule has 4 nitrogen and oxygen atoms in total. The summed E-state index contributed by atoms with van der Waals surface area (Å²) in [6, 6.07) is 5.22. The molecule has 0 aromatic carbocycles. The van der Waals surface area contributed by atoms with Crippen molar-refractivity contribution in [2.45, 2.75) is 18.9 Å². The summed E-state index contributed by atoms with van der Waals surface area (Å²) in [6.45, 7) is 0.150. The van der Waals surface area contributed by atoms with Gasteiger partial charge in [-0.3, -0.25) is 4.79 Å². The lowest BCUT2D eigenvalue weighted by Gasteiger charge is -2.09. The predicted molar refractivity (Wildman–Crippen MR) is 74.3 cm³/mol. The minimum absolute atomic E-state index is 0.102. The molecule has 0 aliphatic carbocycles. The molecule has 1 unspecified atom stereocenters. The summed E-state index contributed by atoms with van der Waals surface area (Å²) in [5.74, 6) is 0.348. The quantitative estimate of drug-likeness (QED) is 0.862. The van der Waals surface area contributed by atoms with Gasteiger partial charge in [0.2, 0.25) is 5.91 Å². The van der Waals surface area contributed by atoms with Gasteiger partial charge in [0.05, 0.1) is 17.8 Å². The van der Waals surface area contributed by atoms with Crippen LogP contribution in [-0.4, -0.2) is 17.6 Å². The van der Waals surface area contributed by atoms with Gasteiger partial charge in [-0.1, -0.05) is 11.6 Å². The third kappa shape index (κ3) is 4.38. The fourth-order valence-electron chi connectivity index (χ4n) is 1.60. The minimum atomic E-state index is -0.810. The number of halogens is 1. The summed E-state index contributed by atoms with van der Waals surface area (Å²) in [6.07, 6.45) is 1.71. The second-order valence-electron chi connectivity index (χ2n) is 4.07. The SMILES string of the molecule is O=C(CCc1cc(Cl)cs1)NCC(O)c1ccco1. The van der Waals surface area contributed by atoms with Crippen molar-refractivity contribution in [3.05, 3.63) is 45.5 Å². The smallest absolute Gasteiger partial charge is 0.220 e. The van der Waals surface area contributed by atoms with Crippen molar-refractivity contribution < 1.29 is 14.3 Å². The lowest BCUT2D eigenvalue weighted by Crippen LogP contribution is -2.28. The number of thiophene rings is 1. The van der Waals surface area contributed by atoms with Gasteiger partial charge < -0.3 is 14.8 Å². The molecule has 6 heteroatoms. The molecule has 0 spiro atoms. The van der Waals surface area contributed by atoms with Crippen molar-refractivity contribution in [3.8, 4) is 0 Å². The van der Waals surface area contributed by atoms with E-state index in [-0.39, 0.29) is 12.5 Å². The molecule has 0 fully saturated rings. The van der Waals surface area contributed by atoms with Crippen molar-refractivity contribution in [2.75, 3.05) is 6.54 Å². The fourth-order valence-corrected chi connectivity index (χ4v) is 2.68. The van der Waals surface area contributed by atoms with Crippen LogP contribution in [-0.2, 0) is 11.2 Å². The highest BCUT2D eigenvalue weighted by molar-refractivity contribution is 7.10. The first-order valence-electron chi connectivity index (χ1n) is 5.86. The molecule has 1 atom stereocenters. The van der Waals surface area contributed by atoms with Crippen LogP contribution in [0.1, 0.15) is 23.2 Å². The maximum absolute atomic E-state index is 11.6. The number of amides is 1. The van der Waals surface area contributed by atoms with Crippen molar-refractivity contribution in [1.29, 1.82) is 0 Å². The molecule has 0 bridgehead atoms. The molecule has 0 aliphatic rings. The van der Waals surface area contributed by atoms with E-state index in [0.717, 1.165) is 4.88 Å². The molecule has 19 heavy (non-hydrogen) atoms. The number of furan rings is 1. The summed E-state index contributed by atoms with van der Waals surface area (Å²) in [7, 11) is 0. The number of carbonyl (C=O) groups excluding carboxylic acids is 1. The average molecular weight is 300 g/mol. The number of rotatable bonds is 6. The van der Waals surface area contributed by atoms with Gasteiger partial charge >= 0.3 is 0 Å². The second-order valence-corrected chi connectivity index (χ2v) is 5.50. The first kappa shape index (κ1) is 14.1. The second kappa shape index (κ2) is 6.75. The van der Waals surface area contributed by atoms with E-state index in [2.05, 4.69) is 5.32 Å². The van der Waals surface area contributed by atoms with Crippen LogP contribution in [0.5, 0.6) is 0 Å². The predicted octanol–water partition coefficient (Wildman–Crippen LogP) is 2.78. The highest BCUT2D eigenvalue weighted by Gasteiger charge is 2.12. The van der Waals surface area contributed by atoms with Gasteiger partial charge in [-0.15, -0.1) is 11.3 Å². The Morgan fingerprint density at radius 2 is 2.42 bits per heavy atom. The molecule has 0 aliphatic heterocycles. The number of aryl methyl sites for hydroxylation is 1. The lowest BCUT2D eigenvalue weighted by molar-refractivity contribution is -0.121. The molecular formula is C13H14ClNO3S. The Balaban J connectivity index is 1.70. The normalized spacial score (nSPS) is 12.3. The summed E-state index contributed by atoms with van der Waals surface area (Å²) < 4.78 is 5.05. The van der Waals surface area contributed by atoms with Crippen molar-refractivity contribution in [3.63, 3.8) is 0 Å². The molecule has 2 N–H and O–H groups in total. The van der Waals surface area contributed by atoms with Gasteiger partial charge in [0.1, 0.15) is 11.9 Å². The summed E-state index contributed by atoms with van der Waals surface area (Å²) in [5, 5.41) is 14.9. The van der Waals surface area contributed by atoms with Crippen LogP contribution in [0.25, 0.3) is 0 Å². The Bertz CT molecular complexity index is 524. The summed E-state index contributed by atoms with van der Waals surface area (Å²) in [4.78, 5) is 12.7. The van der Waals surface area contributed by atoms with Gasteiger partial charge in [-0.2, -0.15) is 0 Å². The molecule has 1 amide bonds. The molecule has 0 saturated heterocycles. The Morgan fingerprint density at radius 1 is 1.58 bits per heavy atom. The van der Waals surface area contributed by atoms with Gasteiger partial charge in [0.25, 0.3) is 0 Å². The van der Waals surface area contributed by atoms with Crippen LogP contribution < -0.4 is 5.32 Å². The van der Waals surface area contributed by atoms with E-state index < -0.39 is 6.10 Å². The van der Waals surface area contributed by atoms with Crippen molar-refractivity contribution in [1.82, 2.24) is 5.32 Å². The van der Waals surface area contributed by atoms with E-state index in [9.17, 15) is 9.90 Å². The van der Waals surface area contributed by atoms with Crippen LogP contribution in [0.15, 0.2) is 34.3 Å². The topological polar surface area (TPSA) is 62.5 Å². The number of nitrogens with one attached hydrogen (secondary N) is 1. The molecule has 2 aromatic heterocycles. The number of aliphatic hydroxyl groups excluding tert-OH is 1. The molecule has 102 valence electrons. The Morgan fingerprint density at radius 3 is 3.05 bits per heavy atom. The molecule has 0 saturated carbocycles. The molecular weight excluding hydrogens is 286 g/mol. The van der Waals surface area contributed by atoms with Crippen LogP contribution in [0.3, 0.4) is 0 Å². The molecule has 2 aromatic rings. The maximum Gasteiger partial charge on any atom is 0.220 e. The molecule has 2 rings (SSSR count). The summed E-state index contributed by atoms with van der Waals surface area (Å²) in [5.41, 5.74) is 0. The minimum Gasteiger partial charge on any atom is -0.467 e. The Kier molecular flexibility index (Phi) is 5.01. The van der Waals surface area contributed by atoms with Gasteiger partial charge in [0.15, 0.2) is 0 Å². The Labute approximate surface area is 120 Å². The number of aliphatic hydroxyl groups is 1. The van der Waals surface area contributed by atoms with Crippen molar-refractivity contribution in [2.24, 2.45) is 0 Å². The number of carbonyl (C=O) groups is 1. The lowest BCUT2D eigenvalue weighted by atomic mass is 10.2.